The van der Waals surface area contributed by atoms with E-state index in [0.717, 1.165) is 13.2 Å². The monoisotopic (exact) mass is 363 g/mol. The Balaban J connectivity index is 3.44. The highest BCUT2D eigenvalue weighted by Crippen LogP contribution is 2.36. The van der Waals surface area contributed by atoms with E-state index in [4.69, 9.17) is 0 Å². The Labute approximate surface area is 118 Å². The number of carbonyl (C=O) groups excluding carboxylic acids is 1. The number of esters is 1. The summed E-state index contributed by atoms with van der Waals surface area (Å²) in [5.74, 6) is -2.18. The van der Waals surface area contributed by atoms with Gasteiger partial charge in [-0.3, -0.25) is 0 Å². The molecular formula is C10H7BrF5NO3. The van der Waals surface area contributed by atoms with Crippen LogP contribution in [0.1, 0.15) is 28.2 Å². The van der Waals surface area contributed by atoms with Gasteiger partial charge in [0.1, 0.15) is 11.4 Å². The van der Waals surface area contributed by atoms with Crippen molar-refractivity contribution in [3.63, 3.8) is 0 Å². The summed E-state index contributed by atoms with van der Waals surface area (Å²) in [7, 11) is 0.986. The Kier molecular flexibility index (Phi) is 5.26. The minimum absolute atomic E-state index is 0.245. The first-order valence-electron chi connectivity index (χ1n) is 4.91. The molecule has 0 saturated carbocycles. The Bertz CT molecular complexity index is 506. The number of hydrogen-bond donors (Lipinski definition) is 0. The van der Waals surface area contributed by atoms with E-state index in [1.54, 1.807) is 0 Å². The molecule has 0 N–H and O–H groups in total. The van der Waals surface area contributed by atoms with Gasteiger partial charge in [-0.25, -0.2) is 18.6 Å². The maximum Gasteiger partial charge on any atom is 0.573 e. The van der Waals surface area contributed by atoms with E-state index in [1.807, 2.05) is 0 Å². The molecule has 112 valence electrons. The second kappa shape index (κ2) is 6.33. The van der Waals surface area contributed by atoms with Gasteiger partial charge in [0.15, 0.2) is 5.75 Å². The Morgan fingerprint density at radius 2 is 2.05 bits per heavy atom. The van der Waals surface area contributed by atoms with Crippen LogP contribution in [0.15, 0.2) is 6.07 Å². The third kappa shape index (κ3) is 4.02. The van der Waals surface area contributed by atoms with Crippen molar-refractivity contribution in [2.75, 3.05) is 7.11 Å². The van der Waals surface area contributed by atoms with Gasteiger partial charge in [-0.15, -0.1) is 13.2 Å². The van der Waals surface area contributed by atoms with Crippen molar-refractivity contribution in [3.8, 4) is 5.75 Å². The van der Waals surface area contributed by atoms with E-state index in [-0.39, 0.29) is 10.9 Å². The van der Waals surface area contributed by atoms with Crippen molar-refractivity contribution in [1.29, 1.82) is 0 Å². The van der Waals surface area contributed by atoms with Crippen LogP contribution in [0.3, 0.4) is 0 Å². The normalized spacial score (nSPS) is 11.6. The van der Waals surface area contributed by atoms with Gasteiger partial charge >= 0.3 is 12.3 Å². The maximum atomic E-state index is 12.8. The van der Waals surface area contributed by atoms with Crippen LogP contribution in [0, 0.1) is 0 Å². The van der Waals surface area contributed by atoms with Crippen molar-refractivity contribution in [2.45, 2.75) is 18.1 Å². The van der Waals surface area contributed by atoms with Crippen LogP contribution in [0.25, 0.3) is 0 Å². The molecule has 4 nitrogen and oxygen atoms in total. The van der Waals surface area contributed by atoms with Crippen molar-refractivity contribution in [1.82, 2.24) is 4.98 Å². The van der Waals surface area contributed by atoms with Crippen LogP contribution in [0.4, 0.5) is 22.0 Å². The summed E-state index contributed by atoms with van der Waals surface area (Å²) in [4.78, 5) is 14.4. The molecule has 1 rings (SSSR count). The number of ether oxygens (including phenoxy) is 2. The van der Waals surface area contributed by atoms with Crippen LogP contribution < -0.4 is 4.74 Å². The Morgan fingerprint density at radius 1 is 1.45 bits per heavy atom. The molecule has 20 heavy (non-hydrogen) atoms. The zero-order valence-electron chi connectivity index (χ0n) is 9.80. The standard InChI is InChI=1S/C10H7BrF5NO3/c1-19-9(18)5-2-4(3-11)7(20-10(14,15)16)6(17-5)8(12)13/h2,8H,3H2,1H3. The van der Waals surface area contributed by atoms with Crippen LogP contribution in [0.5, 0.6) is 5.75 Å². The first kappa shape index (κ1) is 16.6. The van der Waals surface area contributed by atoms with E-state index < -0.39 is 35.9 Å². The average molecular weight is 364 g/mol. The van der Waals surface area contributed by atoms with Gasteiger partial charge in [0.25, 0.3) is 6.43 Å². The van der Waals surface area contributed by atoms with Crippen molar-refractivity contribution in [3.05, 3.63) is 23.0 Å². The summed E-state index contributed by atoms with van der Waals surface area (Å²) in [6.45, 7) is 0. The topological polar surface area (TPSA) is 48.4 Å². The summed E-state index contributed by atoms with van der Waals surface area (Å²) in [5, 5.41) is -0.245. The largest absolute Gasteiger partial charge is 0.573 e. The first-order valence-corrected chi connectivity index (χ1v) is 6.03. The number of carbonyl (C=O) groups is 1. The van der Waals surface area contributed by atoms with E-state index in [9.17, 15) is 26.7 Å². The quantitative estimate of drug-likeness (QED) is 0.466. The highest BCUT2D eigenvalue weighted by molar-refractivity contribution is 9.08. The van der Waals surface area contributed by atoms with E-state index in [0.29, 0.717) is 0 Å². The van der Waals surface area contributed by atoms with Crippen LogP contribution in [0.2, 0.25) is 0 Å². The lowest BCUT2D eigenvalue weighted by Crippen LogP contribution is -2.20. The SMILES string of the molecule is COC(=O)c1cc(CBr)c(OC(F)(F)F)c(C(F)F)n1. The molecule has 0 saturated heterocycles. The minimum atomic E-state index is -5.16. The third-order valence-corrected chi connectivity index (χ3v) is 2.64. The lowest BCUT2D eigenvalue weighted by molar-refractivity contribution is -0.275. The molecule has 0 unspecified atom stereocenters. The molecule has 10 heteroatoms. The highest BCUT2D eigenvalue weighted by Gasteiger charge is 2.35. The average Bonchev–Trinajstić information content (AvgIpc) is 2.35. The lowest BCUT2D eigenvalue weighted by atomic mass is 10.2. The molecule has 0 atom stereocenters. The molecule has 0 fully saturated rings. The second-order valence-corrected chi connectivity index (χ2v) is 3.92. The lowest BCUT2D eigenvalue weighted by Gasteiger charge is -2.16. The number of nitrogens with zero attached hydrogens (tertiary/aromatic N) is 1. The van der Waals surface area contributed by atoms with Gasteiger partial charge < -0.3 is 9.47 Å². The van der Waals surface area contributed by atoms with Gasteiger partial charge in [-0.05, 0) is 6.07 Å². The fourth-order valence-corrected chi connectivity index (χ4v) is 1.71. The van der Waals surface area contributed by atoms with Crippen molar-refractivity contribution < 1.29 is 36.2 Å². The molecule has 0 radical (unpaired) electrons. The van der Waals surface area contributed by atoms with Gasteiger partial charge in [0.05, 0.1) is 7.11 Å². The summed E-state index contributed by atoms with van der Waals surface area (Å²) in [6, 6.07) is 0.882. The van der Waals surface area contributed by atoms with Crippen LogP contribution in [-0.2, 0) is 10.1 Å². The smallest absolute Gasteiger partial charge is 0.464 e. The number of halogens is 6. The van der Waals surface area contributed by atoms with Crippen molar-refractivity contribution >= 4 is 21.9 Å². The van der Waals surface area contributed by atoms with Gasteiger partial charge in [-0.2, -0.15) is 0 Å². The van der Waals surface area contributed by atoms with E-state index in [2.05, 4.69) is 30.4 Å². The predicted molar refractivity (Wildman–Crippen MR) is 59.8 cm³/mol. The molecule has 0 amide bonds. The fourth-order valence-electron chi connectivity index (χ4n) is 1.30. The van der Waals surface area contributed by atoms with Crippen LogP contribution in [-0.4, -0.2) is 24.4 Å². The van der Waals surface area contributed by atoms with E-state index >= 15 is 0 Å². The van der Waals surface area contributed by atoms with Crippen LogP contribution >= 0.6 is 15.9 Å². The number of alkyl halides is 6. The predicted octanol–water partition coefficient (Wildman–Crippen LogP) is 3.60. The number of pyridine rings is 1. The second-order valence-electron chi connectivity index (χ2n) is 3.35. The molecule has 0 aliphatic heterocycles. The molecule has 0 aromatic carbocycles. The molecular weight excluding hydrogens is 357 g/mol. The van der Waals surface area contributed by atoms with E-state index in [1.165, 1.54) is 0 Å². The summed E-state index contributed by atoms with van der Waals surface area (Å²) >= 11 is 2.83. The number of hydrogen-bond acceptors (Lipinski definition) is 4. The van der Waals surface area contributed by atoms with Gasteiger partial charge in [-0.1, -0.05) is 15.9 Å². The first-order chi connectivity index (χ1) is 9.19. The molecule has 0 aliphatic rings. The summed E-state index contributed by atoms with van der Waals surface area (Å²) < 4.78 is 70.1. The number of methoxy groups -OCH3 is 1. The molecule has 1 heterocycles. The Morgan fingerprint density at radius 3 is 2.45 bits per heavy atom. The number of aromatic nitrogens is 1. The molecule has 1 aromatic rings. The summed E-state index contributed by atoms with van der Waals surface area (Å²) in [6.07, 6.45) is -8.51. The Hall–Kier alpha value is -1.45. The highest BCUT2D eigenvalue weighted by atomic mass is 79.9. The third-order valence-electron chi connectivity index (χ3n) is 2.04. The van der Waals surface area contributed by atoms with Crippen molar-refractivity contribution in [2.24, 2.45) is 0 Å². The molecule has 0 aliphatic carbocycles. The maximum absolute atomic E-state index is 12.8. The minimum Gasteiger partial charge on any atom is -0.464 e. The van der Waals surface area contributed by atoms with Gasteiger partial charge in [0, 0.05) is 10.9 Å². The van der Waals surface area contributed by atoms with Gasteiger partial charge in [0.2, 0.25) is 0 Å². The summed E-state index contributed by atoms with van der Waals surface area (Å²) in [5.41, 5.74) is -2.11. The fraction of sp³-hybridized carbons (Fsp3) is 0.400. The number of rotatable bonds is 4. The molecule has 1 aromatic heterocycles. The zero-order valence-corrected chi connectivity index (χ0v) is 11.4. The molecule has 0 spiro atoms. The molecule has 0 bridgehead atoms. The zero-order chi connectivity index (χ0) is 15.5.